The quantitative estimate of drug-likeness (QED) is 0.482. The highest BCUT2D eigenvalue weighted by atomic mass is 16.5. The van der Waals surface area contributed by atoms with E-state index in [1.807, 2.05) is 37.3 Å². The van der Waals surface area contributed by atoms with Crippen LogP contribution in [0.25, 0.3) is 11.1 Å². The van der Waals surface area contributed by atoms with E-state index >= 15 is 0 Å². The molecule has 2 aromatic carbocycles. The van der Waals surface area contributed by atoms with Gasteiger partial charge in [-0.2, -0.15) is 5.26 Å². The number of carbonyl (C=O) groups is 1. The molecule has 0 fully saturated rings. The number of ether oxygens (including phenoxy) is 1. The van der Waals surface area contributed by atoms with Gasteiger partial charge in [-0.1, -0.05) is 36.4 Å². The van der Waals surface area contributed by atoms with Crippen LogP contribution in [0.3, 0.4) is 0 Å². The summed E-state index contributed by atoms with van der Waals surface area (Å²) < 4.78 is 5.21. The fourth-order valence-corrected chi connectivity index (χ4v) is 1.80. The van der Waals surface area contributed by atoms with E-state index in [9.17, 15) is 4.79 Å². The molecule has 3 nitrogen and oxygen atoms in total. The molecule has 20 heavy (non-hydrogen) atoms. The molecule has 3 heteroatoms. The van der Waals surface area contributed by atoms with Gasteiger partial charge in [-0.15, -0.1) is 0 Å². The lowest BCUT2D eigenvalue weighted by molar-refractivity contribution is -0.128. The van der Waals surface area contributed by atoms with E-state index < -0.39 is 5.97 Å². The van der Waals surface area contributed by atoms with E-state index in [-0.39, 0.29) is 0 Å². The SMILES string of the molecule is C=CC(=O)Oc1cc(C#N)ccc1-c1ccc(C)cc1. The summed E-state index contributed by atoms with van der Waals surface area (Å²) in [6.07, 6.45) is 1.10. The predicted molar refractivity (Wildman–Crippen MR) is 77.2 cm³/mol. The summed E-state index contributed by atoms with van der Waals surface area (Å²) in [6.45, 7) is 5.38. The minimum atomic E-state index is -0.548. The Morgan fingerprint density at radius 1 is 1.25 bits per heavy atom. The van der Waals surface area contributed by atoms with E-state index in [4.69, 9.17) is 10.00 Å². The molecule has 0 radical (unpaired) electrons. The summed E-state index contributed by atoms with van der Waals surface area (Å²) >= 11 is 0. The maximum absolute atomic E-state index is 11.4. The lowest BCUT2D eigenvalue weighted by Crippen LogP contribution is -2.04. The molecule has 2 aromatic rings. The van der Waals surface area contributed by atoms with Crippen molar-refractivity contribution in [3.05, 3.63) is 66.2 Å². The van der Waals surface area contributed by atoms with Crippen molar-refractivity contribution in [3.8, 4) is 22.9 Å². The van der Waals surface area contributed by atoms with Crippen molar-refractivity contribution >= 4 is 5.97 Å². The number of hydrogen-bond acceptors (Lipinski definition) is 3. The Morgan fingerprint density at radius 3 is 2.55 bits per heavy atom. The van der Waals surface area contributed by atoms with Crippen LogP contribution in [0.2, 0.25) is 0 Å². The van der Waals surface area contributed by atoms with Gasteiger partial charge in [0, 0.05) is 11.6 Å². The van der Waals surface area contributed by atoms with Gasteiger partial charge in [0.1, 0.15) is 5.75 Å². The summed E-state index contributed by atoms with van der Waals surface area (Å²) in [6, 6.07) is 14.9. The van der Waals surface area contributed by atoms with Crippen LogP contribution in [-0.4, -0.2) is 5.97 Å². The van der Waals surface area contributed by atoms with Crippen LogP contribution >= 0.6 is 0 Å². The second-order valence-electron chi connectivity index (χ2n) is 4.31. The average molecular weight is 263 g/mol. The summed E-state index contributed by atoms with van der Waals surface area (Å²) in [5.74, 6) is -0.189. The molecule has 0 heterocycles. The molecular weight excluding hydrogens is 250 g/mol. The zero-order chi connectivity index (χ0) is 14.5. The third-order valence-electron chi connectivity index (χ3n) is 2.85. The zero-order valence-corrected chi connectivity index (χ0v) is 11.1. The average Bonchev–Trinajstić information content (AvgIpc) is 2.48. The second-order valence-corrected chi connectivity index (χ2v) is 4.31. The Hall–Kier alpha value is -2.86. The van der Waals surface area contributed by atoms with E-state index in [1.54, 1.807) is 18.2 Å². The molecule has 0 atom stereocenters. The van der Waals surface area contributed by atoms with Crippen LogP contribution in [0.15, 0.2) is 55.1 Å². The highest BCUT2D eigenvalue weighted by molar-refractivity contribution is 5.85. The molecule has 0 aliphatic carbocycles. The van der Waals surface area contributed by atoms with Gasteiger partial charge in [-0.3, -0.25) is 0 Å². The molecule has 0 amide bonds. The summed E-state index contributed by atoms with van der Waals surface area (Å²) in [7, 11) is 0. The summed E-state index contributed by atoms with van der Waals surface area (Å²) in [5.41, 5.74) is 3.27. The van der Waals surface area contributed by atoms with Crippen LogP contribution in [-0.2, 0) is 4.79 Å². The molecule has 0 aliphatic heterocycles. The van der Waals surface area contributed by atoms with Crippen molar-refractivity contribution < 1.29 is 9.53 Å². The maximum Gasteiger partial charge on any atom is 0.335 e. The van der Waals surface area contributed by atoms with Crippen molar-refractivity contribution in [2.75, 3.05) is 0 Å². The number of esters is 1. The van der Waals surface area contributed by atoms with Crippen LogP contribution in [0, 0.1) is 18.3 Å². The van der Waals surface area contributed by atoms with Crippen molar-refractivity contribution in [2.45, 2.75) is 6.92 Å². The van der Waals surface area contributed by atoms with Gasteiger partial charge in [0.05, 0.1) is 11.6 Å². The van der Waals surface area contributed by atoms with Gasteiger partial charge in [0.2, 0.25) is 0 Å². The number of carbonyl (C=O) groups excluding carboxylic acids is 1. The molecule has 2 rings (SSSR count). The van der Waals surface area contributed by atoms with Crippen LogP contribution < -0.4 is 4.74 Å². The maximum atomic E-state index is 11.4. The lowest BCUT2D eigenvalue weighted by Gasteiger charge is -2.10. The first-order valence-corrected chi connectivity index (χ1v) is 6.09. The van der Waals surface area contributed by atoms with Gasteiger partial charge in [0.15, 0.2) is 0 Å². The smallest absolute Gasteiger partial charge is 0.335 e. The van der Waals surface area contributed by atoms with Crippen LogP contribution in [0.4, 0.5) is 0 Å². The Bertz CT molecular complexity index is 694. The van der Waals surface area contributed by atoms with Crippen LogP contribution in [0.5, 0.6) is 5.75 Å². The topological polar surface area (TPSA) is 50.1 Å². The summed E-state index contributed by atoms with van der Waals surface area (Å²) in [5, 5.41) is 8.94. The first kappa shape index (κ1) is 13.6. The monoisotopic (exact) mass is 263 g/mol. The molecular formula is C17H13NO2. The molecule has 0 aliphatic rings. The second kappa shape index (κ2) is 5.85. The molecule has 0 saturated carbocycles. The third kappa shape index (κ3) is 2.93. The van der Waals surface area contributed by atoms with Gasteiger partial charge in [-0.25, -0.2) is 4.79 Å². The van der Waals surface area contributed by atoms with Crippen molar-refractivity contribution in [1.29, 1.82) is 5.26 Å². The molecule has 0 bridgehead atoms. The Balaban J connectivity index is 2.51. The fraction of sp³-hybridized carbons (Fsp3) is 0.0588. The van der Waals surface area contributed by atoms with Crippen molar-refractivity contribution in [2.24, 2.45) is 0 Å². The van der Waals surface area contributed by atoms with Crippen molar-refractivity contribution in [1.82, 2.24) is 0 Å². The minimum absolute atomic E-state index is 0.359. The lowest BCUT2D eigenvalue weighted by atomic mass is 10.0. The van der Waals surface area contributed by atoms with Gasteiger partial charge in [-0.05, 0) is 30.7 Å². The van der Waals surface area contributed by atoms with E-state index in [2.05, 4.69) is 6.58 Å². The Kier molecular flexibility index (Phi) is 3.97. The number of nitrogens with zero attached hydrogens (tertiary/aromatic N) is 1. The van der Waals surface area contributed by atoms with Crippen LogP contribution in [0.1, 0.15) is 11.1 Å². The number of nitriles is 1. The molecule has 0 spiro atoms. The molecule has 0 N–H and O–H groups in total. The van der Waals surface area contributed by atoms with E-state index in [1.165, 1.54) is 0 Å². The first-order valence-electron chi connectivity index (χ1n) is 6.09. The largest absolute Gasteiger partial charge is 0.423 e. The highest BCUT2D eigenvalue weighted by Gasteiger charge is 2.10. The molecule has 98 valence electrons. The normalized spacial score (nSPS) is 9.60. The van der Waals surface area contributed by atoms with Gasteiger partial charge in [0.25, 0.3) is 0 Å². The van der Waals surface area contributed by atoms with Gasteiger partial charge >= 0.3 is 5.97 Å². The van der Waals surface area contributed by atoms with E-state index in [0.29, 0.717) is 11.3 Å². The Labute approximate surface area is 117 Å². The van der Waals surface area contributed by atoms with Crippen molar-refractivity contribution in [3.63, 3.8) is 0 Å². The Morgan fingerprint density at radius 2 is 1.95 bits per heavy atom. The molecule has 0 aromatic heterocycles. The zero-order valence-electron chi connectivity index (χ0n) is 11.1. The predicted octanol–water partition coefficient (Wildman–Crippen LogP) is 3.63. The fourth-order valence-electron chi connectivity index (χ4n) is 1.80. The number of rotatable bonds is 3. The number of benzene rings is 2. The number of hydrogen-bond donors (Lipinski definition) is 0. The minimum Gasteiger partial charge on any atom is -0.423 e. The molecule has 0 saturated heterocycles. The summed E-state index contributed by atoms with van der Waals surface area (Å²) in [4.78, 5) is 11.4. The third-order valence-corrected chi connectivity index (χ3v) is 2.85. The standard InChI is InChI=1S/C17H13NO2/c1-3-17(19)20-16-10-13(11-18)6-9-15(16)14-7-4-12(2)5-8-14/h3-10H,1H2,2H3. The first-order chi connectivity index (χ1) is 9.63. The molecule has 0 unspecified atom stereocenters. The highest BCUT2D eigenvalue weighted by Crippen LogP contribution is 2.31. The van der Waals surface area contributed by atoms with E-state index in [0.717, 1.165) is 22.8 Å². The van der Waals surface area contributed by atoms with Gasteiger partial charge < -0.3 is 4.74 Å². The number of aryl methyl sites for hydroxylation is 1.